The normalized spacial score (nSPS) is 17.4. The Labute approximate surface area is 146 Å². The molecule has 0 N–H and O–H groups in total. The minimum atomic E-state index is -0.617. The Kier molecular flexibility index (Phi) is 5.16. The smallest absolute Gasteiger partial charge is 0.338 e. The summed E-state index contributed by atoms with van der Waals surface area (Å²) in [6, 6.07) is 6.76. The molecule has 132 valence electrons. The monoisotopic (exact) mass is 343 g/mol. The first-order valence-electron chi connectivity index (χ1n) is 8.43. The third kappa shape index (κ3) is 4.07. The van der Waals surface area contributed by atoms with Crippen molar-refractivity contribution >= 4 is 11.8 Å². The van der Waals surface area contributed by atoms with E-state index in [1.54, 1.807) is 24.3 Å². The van der Waals surface area contributed by atoms with Crippen molar-refractivity contribution in [3.05, 3.63) is 46.8 Å². The third-order valence-electron chi connectivity index (χ3n) is 4.38. The van der Waals surface area contributed by atoms with Crippen LogP contribution < -0.4 is 4.74 Å². The number of carbonyl (C=O) groups excluding carboxylic acids is 2. The van der Waals surface area contributed by atoms with Crippen LogP contribution in [0.5, 0.6) is 5.75 Å². The van der Waals surface area contributed by atoms with Crippen molar-refractivity contribution in [3.8, 4) is 5.75 Å². The number of Topliss-reactive ketones (excluding diaryl/α,β-unsaturated/α-hetero) is 1. The molecule has 0 bridgehead atoms. The highest BCUT2D eigenvalue weighted by Gasteiger charge is 2.26. The van der Waals surface area contributed by atoms with Crippen molar-refractivity contribution in [2.45, 2.75) is 52.2 Å². The number of carbonyl (C=O) groups is 2. The number of rotatable bonds is 5. The fourth-order valence-electron chi connectivity index (χ4n) is 2.85. The summed E-state index contributed by atoms with van der Waals surface area (Å²) >= 11 is 0. The van der Waals surface area contributed by atoms with Crippen molar-refractivity contribution < 1.29 is 23.6 Å². The predicted octanol–water partition coefficient (Wildman–Crippen LogP) is 3.54. The van der Waals surface area contributed by atoms with Crippen LogP contribution in [0.1, 0.15) is 53.1 Å². The minimum absolute atomic E-state index is 0.00501. The molecule has 2 aromatic rings. The summed E-state index contributed by atoms with van der Waals surface area (Å²) in [5.41, 5.74) is 2.04. The van der Waals surface area contributed by atoms with E-state index in [9.17, 15) is 9.59 Å². The lowest BCUT2D eigenvalue weighted by atomic mass is 9.96. The molecule has 25 heavy (non-hydrogen) atoms. The molecule has 1 fully saturated rings. The maximum Gasteiger partial charge on any atom is 0.338 e. The second kappa shape index (κ2) is 7.51. The van der Waals surface area contributed by atoms with E-state index in [1.165, 1.54) is 0 Å². The number of hydrogen-bond acceptors (Lipinski definition) is 6. The van der Waals surface area contributed by atoms with Crippen LogP contribution in [0.15, 0.2) is 28.8 Å². The predicted molar refractivity (Wildman–Crippen MR) is 89.4 cm³/mol. The second-order valence-corrected chi connectivity index (χ2v) is 6.23. The SMILES string of the molecule is Cc1noc(C)c1COc1cccc(C(=O)O[C@@H]2CCCCC2=O)c1. The van der Waals surface area contributed by atoms with Gasteiger partial charge < -0.3 is 14.0 Å². The minimum Gasteiger partial charge on any atom is -0.489 e. The topological polar surface area (TPSA) is 78.6 Å². The zero-order chi connectivity index (χ0) is 17.8. The van der Waals surface area contributed by atoms with Gasteiger partial charge in [-0.05, 0) is 51.3 Å². The number of hydrogen-bond donors (Lipinski definition) is 0. The van der Waals surface area contributed by atoms with Crippen LogP contribution >= 0.6 is 0 Å². The number of aryl methyl sites for hydroxylation is 2. The molecule has 1 heterocycles. The Balaban J connectivity index is 1.64. The van der Waals surface area contributed by atoms with Crippen molar-refractivity contribution in [1.82, 2.24) is 5.16 Å². The zero-order valence-electron chi connectivity index (χ0n) is 14.4. The Hall–Kier alpha value is -2.63. The van der Waals surface area contributed by atoms with Crippen LogP contribution in [0.4, 0.5) is 0 Å². The van der Waals surface area contributed by atoms with Gasteiger partial charge in [-0.2, -0.15) is 0 Å². The molecule has 6 heteroatoms. The Morgan fingerprint density at radius 2 is 2.16 bits per heavy atom. The second-order valence-electron chi connectivity index (χ2n) is 6.23. The van der Waals surface area contributed by atoms with Gasteiger partial charge in [0.2, 0.25) is 0 Å². The van der Waals surface area contributed by atoms with Gasteiger partial charge in [0.15, 0.2) is 11.9 Å². The molecule has 0 amide bonds. The lowest BCUT2D eigenvalue weighted by Gasteiger charge is -2.20. The largest absolute Gasteiger partial charge is 0.489 e. The number of ketones is 1. The molecule has 3 rings (SSSR count). The maximum atomic E-state index is 12.3. The van der Waals surface area contributed by atoms with Gasteiger partial charge in [-0.25, -0.2) is 4.79 Å². The van der Waals surface area contributed by atoms with Gasteiger partial charge in [0.25, 0.3) is 0 Å². The lowest BCUT2D eigenvalue weighted by Crippen LogP contribution is -2.30. The van der Waals surface area contributed by atoms with Crippen molar-refractivity contribution in [2.24, 2.45) is 0 Å². The van der Waals surface area contributed by atoms with Crippen LogP contribution in [-0.4, -0.2) is 23.0 Å². The Morgan fingerprint density at radius 1 is 1.32 bits per heavy atom. The fourth-order valence-corrected chi connectivity index (χ4v) is 2.85. The standard InChI is InChI=1S/C19H21NO5/c1-12-16(13(2)25-20-12)11-23-15-7-5-6-14(10-15)19(22)24-18-9-4-3-8-17(18)21/h5-7,10,18H,3-4,8-9,11H2,1-2H3/t18-/m1/s1. The molecule has 6 nitrogen and oxygen atoms in total. The third-order valence-corrected chi connectivity index (χ3v) is 4.38. The van der Waals surface area contributed by atoms with Gasteiger partial charge in [-0.1, -0.05) is 11.2 Å². The highest BCUT2D eigenvalue weighted by molar-refractivity contribution is 5.93. The van der Waals surface area contributed by atoms with Crippen molar-refractivity contribution in [3.63, 3.8) is 0 Å². The Morgan fingerprint density at radius 3 is 2.88 bits per heavy atom. The first kappa shape index (κ1) is 17.2. The quantitative estimate of drug-likeness (QED) is 0.773. The molecule has 1 aliphatic carbocycles. The van der Waals surface area contributed by atoms with E-state index in [1.807, 2.05) is 13.8 Å². The van der Waals surface area contributed by atoms with Crippen LogP contribution in [0.3, 0.4) is 0 Å². The molecule has 0 saturated heterocycles. The molecule has 1 atom stereocenters. The van der Waals surface area contributed by atoms with E-state index >= 15 is 0 Å². The van der Waals surface area contributed by atoms with Gasteiger partial charge in [0.05, 0.1) is 16.8 Å². The van der Waals surface area contributed by atoms with Crippen LogP contribution in [-0.2, 0) is 16.1 Å². The van der Waals surface area contributed by atoms with Gasteiger partial charge >= 0.3 is 5.97 Å². The molecule has 1 aromatic carbocycles. The lowest BCUT2D eigenvalue weighted by molar-refractivity contribution is -0.129. The summed E-state index contributed by atoms with van der Waals surface area (Å²) in [6.45, 7) is 3.98. The van der Waals surface area contributed by atoms with E-state index in [2.05, 4.69) is 5.16 Å². The number of esters is 1. The molecule has 1 aliphatic rings. The first-order chi connectivity index (χ1) is 12.0. The van der Waals surface area contributed by atoms with Crippen molar-refractivity contribution in [2.75, 3.05) is 0 Å². The van der Waals surface area contributed by atoms with Gasteiger partial charge in [-0.3, -0.25) is 4.79 Å². The summed E-state index contributed by atoms with van der Waals surface area (Å²) in [6.07, 6.45) is 2.25. The van der Waals surface area contributed by atoms with Crippen LogP contribution in [0.25, 0.3) is 0 Å². The van der Waals surface area contributed by atoms with E-state index in [0.717, 1.165) is 24.1 Å². The fraction of sp³-hybridized carbons (Fsp3) is 0.421. The van der Waals surface area contributed by atoms with E-state index in [4.69, 9.17) is 14.0 Å². The molecular formula is C19H21NO5. The number of aromatic nitrogens is 1. The number of benzene rings is 1. The molecule has 0 unspecified atom stereocenters. The molecule has 1 aromatic heterocycles. The summed E-state index contributed by atoms with van der Waals surface area (Å²) in [5, 5.41) is 3.89. The van der Waals surface area contributed by atoms with Crippen molar-refractivity contribution in [1.29, 1.82) is 0 Å². The summed E-state index contributed by atoms with van der Waals surface area (Å²) < 4.78 is 16.2. The maximum absolute atomic E-state index is 12.3. The molecule has 0 radical (unpaired) electrons. The summed E-state index contributed by atoms with van der Waals surface area (Å²) in [5.74, 6) is 0.766. The summed E-state index contributed by atoms with van der Waals surface area (Å²) in [7, 11) is 0. The molecular weight excluding hydrogens is 322 g/mol. The van der Waals surface area contributed by atoms with Crippen LogP contribution in [0.2, 0.25) is 0 Å². The highest BCUT2D eigenvalue weighted by Crippen LogP contribution is 2.21. The average Bonchev–Trinajstić information content (AvgIpc) is 2.93. The van der Waals surface area contributed by atoms with E-state index in [0.29, 0.717) is 36.5 Å². The van der Waals surface area contributed by atoms with Crippen LogP contribution in [0, 0.1) is 13.8 Å². The van der Waals surface area contributed by atoms with Gasteiger partial charge in [-0.15, -0.1) is 0 Å². The number of nitrogens with zero attached hydrogens (tertiary/aromatic N) is 1. The Bertz CT molecular complexity index is 760. The first-order valence-corrected chi connectivity index (χ1v) is 8.43. The van der Waals surface area contributed by atoms with E-state index < -0.39 is 12.1 Å². The number of ether oxygens (including phenoxy) is 2. The highest BCUT2D eigenvalue weighted by atomic mass is 16.5. The zero-order valence-corrected chi connectivity index (χ0v) is 14.4. The summed E-state index contributed by atoms with van der Waals surface area (Å²) in [4.78, 5) is 24.1. The van der Waals surface area contributed by atoms with Gasteiger partial charge in [0, 0.05) is 6.42 Å². The van der Waals surface area contributed by atoms with Gasteiger partial charge in [0.1, 0.15) is 18.1 Å². The molecule has 0 spiro atoms. The molecule has 0 aliphatic heterocycles. The average molecular weight is 343 g/mol. The molecule has 1 saturated carbocycles. The van der Waals surface area contributed by atoms with E-state index in [-0.39, 0.29) is 5.78 Å².